The molecule has 2 aliphatic carbocycles. The molecular formula is C50H48N6. The third-order valence-electron chi connectivity index (χ3n) is 10.4. The zero-order valence-electron chi connectivity index (χ0n) is 32.8. The van der Waals surface area contributed by atoms with Crippen molar-refractivity contribution < 1.29 is 0 Å². The van der Waals surface area contributed by atoms with E-state index in [1.165, 1.54) is 5.70 Å². The molecule has 2 atom stereocenters. The van der Waals surface area contributed by atoms with Gasteiger partial charge in [-0.3, -0.25) is 13.7 Å². The van der Waals surface area contributed by atoms with Crippen LogP contribution in [0.3, 0.4) is 0 Å². The molecule has 4 aromatic carbocycles. The van der Waals surface area contributed by atoms with Gasteiger partial charge in [0.1, 0.15) is 17.5 Å². The average Bonchev–Trinajstić information content (AvgIpc) is 3.90. The monoisotopic (exact) mass is 732 g/mol. The van der Waals surface area contributed by atoms with E-state index >= 15 is 0 Å². The first-order valence-corrected chi connectivity index (χ1v) is 19.9. The van der Waals surface area contributed by atoms with E-state index < -0.39 is 0 Å². The molecule has 3 heterocycles. The minimum atomic E-state index is -0.191. The molecule has 9 rings (SSSR count). The van der Waals surface area contributed by atoms with Crippen LogP contribution in [0.4, 0.5) is 0 Å². The summed E-state index contributed by atoms with van der Waals surface area (Å²) in [6, 6.07) is 35.8. The maximum atomic E-state index is 5.37. The smallest absolute Gasteiger partial charge is 0.145 e. The molecule has 0 amide bonds. The van der Waals surface area contributed by atoms with Crippen LogP contribution in [0.25, 0.3) is 61.3 Å². The highest BCUT2D eigenvalue weighted by molar-refractivity contribution is 5.94. The maximum absolute atomic E-state index is 5.37. The summed E-state index contributed by atoms with van der Waals surface area (Å²) in [7, 11) is 0. The van der Waals surface area contributed by atoms with Crippen LogP contribution in [-0.2, 0) is 0 Å². The third kappa shape index (κ3) is 6.62. The Morgan fingerprint density at radius 2 is 1.36 bits per heavy atom. The highest BCUT2D eigenvalue weighted by atomic mass is 15.1. The van der Waals surface area contributed by atoms with Gasteiger partial charge in [-0.15, -0.1) is 0 Å². The first-order valence-electron chi connectivity index (χ1n) is 19.9. The Hall–Kier alpha value is -6.53. The molecule has 0 radical (unpaired) electrons. The number of imidazole rings is 3. The van der Waals surface area contributed by atoms with Crippen LogP contribution in [-0.4, -0.2) is 28.7 Å². The minimum absolute atomic E-state index is 0.191. The van der Waals surface area contributed by atoms with Crippen molar-refractivity contribution in [1.29, 1.82) is 0 Å². The number of benzene rings is 4. The van der Waals surface area contributed by atoms with E-state index in [4.69, 9.17) is 15.0 Å². The summed E-state index contributed by atoms with van der Waals surface area (Å²) in [6.45, 7) is 10.6. The third-order valence-corrected chi connectivity index (χ3v) is 10.4. The Balaban J connectivity index is 0.00000217. The van der Waals surface area contributed by atoms with Crippen molar-refractivity contribution in [2.24, 2.45) is 5.92 Å². The highest BCUT2D eigenvalue weighted by Crippen LogP contribution is 2.39. The number of rotatable bonds is 8. The van der Waals surface area contributed by atoms with Crippen molar-refractivity contribution in [2.75, 3.05) is 0 Å². The van der Waals surface area contributed by atoms with Gasteiger partial charge in [-0.2, -0.15) is 0 Å². The molecule has 6 heteroatoms. The van der Waals surface area contributed by atoms with Crippen LogP contribution in [0, 0.1) is 5.92 Å². The first kappa shape index (κ1) is 36.4. The zero-order valence-corrected chi connectivity index (χ0v) is 32.8. The van der Waals surface area contributed by atoms with Crippen LogP contribution in [0.15, 0.2) is 164 Å². The second-order valence-corrected chi connectivity index (χ2v) is 13.9. The predicted octanol–water partition coefficient (Wildman–Crippen LogP) is 12.8. The number of hydrogen-bond donors (Lipinski definition) is 0. The lowest BCUT2D eigenvalue weighted by Crippen LogP contribution is -2.11. The molecule has 2 aliphatic rings. The van der Waals surface area contributed by atoms with Crippen LogP contribution in [0.2, 0.25) is 0 Å². The fraction of sp³-hybridized carbons (Fsp3) is 0.180. The van der Waals surface area contributed by atoms with Crippen molar-refractivity contribution >= 4 is 55.6 Å². The summed E-state index contributed by atoms with van der Waals surface area (Å²) in [6.07, 6.45) is 24.3. The van der Waals surface area contributed by atoms with E-state index in [2.05, 4.69) is 198 Å². The van der Waals surface area contributed by atoms with Gasteiger partial charge >= 0.3 is 0 Å². The van der Waals surface area contributed by atoms with E-state index in [9.17, 15) is 0 Å². The molecule has 0 bridgehead atoms. The lowest BCUT2D eigenvalue weighted by atomic mass is 9.98. The highest BCUT2D eigenvalue weighted by Gasteiger charge is 2.26. The number of fused-ring (bicyclic) bond motifs is 3. The van der Waals surface area contributed by atoms with Gasteiger partial charge in [0, 0.05) is 34.1 Å². The molecule has 0 aliphatic heterocycles. The molecule has 7 aromatic rings. The van der Waals surface area contributed by atoms with E-state index in [1.807, 2.05) is 13.8 Å². The molecule has 56 heavy (non-hydrogen) atoms. The standard InChI is InChI=1S/C48H42N6.C2H6/c1-4-6-19-37(5-2)52-43-26-15-11-22-39(43)51-48(52)36-31-34(46-49-40-23-12-16-27-44(40)53(46)38-20-8-7-9-21-38)29-30-35(32-36)47-50-41-24-13-17-28-45(41)54(47)42-25-14-10-18-33(42)3;1-2/h5-17,19-34H,4,18H2,1-3H3;1-2H3/b19-6-,37-5+;. The number of aromatic nitrogens is 6. The van der Waals surface area contributed by atoms with E-state index in [-0.39, 0.29) is 5.92 Å². The quantitative estimate of drug-likeness (QED) is 0.146. The van der Waals surface area contributed by atoms with Crippen LogP contribution >= 0.6 is 0 Å². The Bertz CT molecular complexity index is 2760. The van der Waals surface area contributed by atoms with Crippen molar-refractivity contribution in [3.8, 4) is 5.69 Å². The van der Waals surface area contributed by atoms with Gasteiger partial charge in [-0.05, 0) is 86.5 Å². The molecule has 278 valence electrons. The lowest BCUT2D eigenvalue weighted by Gasteiger charge is -2.21. The topological polar surface area (TPSA) is 53.5 Å². The maximum Gasteiger partial charge on any atom is 0.145 e. The van der Waals surface area contributed by atoms with Gasteiger partial charge in [0.15, 0.2) is 0 Å². The Morgan fingerprint density at radius 3 is 2.05 bits per heavy atom. The van der Waals surface area contributed by atoms with E-state index in [1.54, 1.807) is 0 Å². The summed E-state index contributed by atoms with van der Waals surface area (Å²) < 4.78 is 6.95. The summed E-state index contributed by atoms with van der Waals surface area (Å²) >= 11 is 0. The van der Waals surface area contributed by atoms with Crippen molar-refractivity contribution in [3.63, 3.8) is 0 Å². The number of nitrogens with zero attached hydrogens (tertiary/aromatic N) is 6. The molecule has 0 fully saturated rings. The molecular weight excluding hydrogens is 685 g/mol. The van der Waals surface area contributed by atoms with Crippen LogP contribution in [0.5, 0.6) is 0 Å². The summed E-state index contributed by atoms with van der Waals surface area (Å²) in [5, 5.41) is 0. The Labute approximate surface area is 329 Å². The Morgan fingerprint density at radius 1 is 0.732 bits per heavy atom. The first-order chi connectivity index (χ1) is 27.6. The summed E-state index contributed by atoms with van der Waals surface area (Å²) in [5.41, 5.74) is 11.5. The molecule has 3 aromatic heterocycles. The largest absolute Gasteiger partial charge is 0.296 e. The SMILES string of the molecule is C/C=C(\C=C/CC)n1c(C2=CC(c3nc4ccccc4n3-c3ccccc3)C=CC(c3nc4ccccc4n3C3=CC=CCC3C)=C2)nc2ccccc21.CC. The minimum Gasteiger partial charge on any atom is -0.296 e. The normalized spacial score (nSPS) is 17.2. The van der Waals surface area contributed by atoms with Gasteiger partial charge in [0.25, 0.3) is 0 Å². The Kier molecular flexibility index (Phi) is 10.5. The summed E-state index contributed by atoms with van der Waals surface area (Å²) in [4.78, 5) is 16.1. The van der Waals surface area contributed by atoms with Crippen molar-refractivity contribution in [1.82, 2.24) is 28.7 Å². The fourth-order valence-electron chi connectivity index (χ4n) is 7.81. The lowest BCUT2D eigenvalue weighted by molar-refractivity contribution is 0.716. The fourth-order valence-corrected chi connectivity index (χ4v) is 7.81. The number of para-hydroxylation sites is 7. The molecule has 0 saturated carbocycles. The summed E-state index contributed by atoms with van der Waals surface area (Å²) in [5.74, 6) is 2.86. The molecule has 0 saturated heterocycles. The van der Waals surface area contributed by atoms with Gasteiger partial charge in [-0.25, -0.2) is 15.0 Å². The molecule has 0 spiro atoms. The molecule has 0 N–H and O–H groups in total. The number of hydrogen-bond acceptors (Lipinski definition) is 3. The van der Waals surface area contributed by atoms with Gasteiger partial charge in [0.05, 0.1) is 39.0 Å². The van der Waals surface area contributed by atoms with Crippen molar-refractivity contribution in [2.45, 2.75) is 53.4 Å². The second kappa shape index (κ2) is 16.1. The van der Waals surface area contributed by atoms with E-state index in [0.717, 1.165) is 85.9 Å². The van der Waals surface area contributed by atoms with Gasteiger partial charge < -0.3 is 0 Å². The predicted molar refractivity (Wildman–Crippen MR) is 236 cm³/mol. The van der Waals surface area contributed by atoms with Crippen LogP contribution in [0.1, 0.15) is 70.9 Å². The average molecular weight is 733 g/mol. The van der Waals surface area contributed by atoms with Crippen LogP contribution < -0.4 is 0 Å². The van der Waals surface area contributed by atoms with Crippen molar-refractivity contribution in [3.05, 3.63) is 181 Å². The zero-order chi connectivity index (χ0) is 38.6. The molecule has 6 nitrogen and oxygen atoms in total. The van der Waals surface area contributed by atoms with E-state index in [0.29, 0.717) is 5.92 Å². The second-order valence-electron chi connectivity index (χ2n) is 13.9. The van der Waals surface area contributed by atoms with Gasteiger partial charge in [-0.1, -0.05) is 125 Å². The number of allylic oxidation sites excluding steroid dienone is 14. The van der Waals surface area contributed by atoms with Gasteiger partial charge in [0.2, 0.25) is 0 Å². The molecule has 2 unspecified atom stereocenters.